The maximum atomic E-state index is 9.95. The van der Waals surface area contributed by atoms with E-state index in [4.69, 9.17) is 15.2 Å². The standard InChI is InChI=1S/C15H25N3O3.HI/c1-3-21-11-5-9-17-15(16)18-10-8-12-6-4-7-13(20-2)14(12)19;/h4,6-7,19H,3,5,8-11H2,1-2H3,(H3,16,17,18);1H. The van der Waals surface area contributed by atoms with Crippen LogP contribution in [0, 0.1) is 0 Å². The second-order valence-electron chi connectivity index (χ2n) is 4.46. The quantitative estimate of drug-likeness (QED) is 0.244. The number of nitrogens with one attached hydrogen (secondary N) is 1. The molecule has 0 spiro atoms. The topological polar surface area (TPSA) is 89.1 Å². The van der Waals surface area contributed by atoms with Gasteiger partial charge in [-0.3, -0.25) is 4.99 Å². The van der Waals surface area contributed by atoms with Gasteiger partial charge < -0.3 is 25.6 Å². The molecule has 0 aliphatic carbocycles. The molecule has 1 aromatic rings. The van der Waals surface area contributed by atoms with Gasteiger partial charge in [0.1, 0.15) is 0 Å². The maximum Gasteiger partial charge on any atom is 0.188 e. The summed E-state index contributed by atoms with van der Waals surface area (Å²) >= 11 is 0. The zero-order valence-electron chi connectivity index (χ0n) is 13.2. The number of methoxy groups -OCH3 is 1. The minimum Gasteiger partial charge on any atom is -0.504 e. The molecule has 0 fully saturated rings. The van der Waals surface area contributed by atoms with Gasteiger partial charge in [-0.15, -0.1) is 24.0 Å². The number of guanidine groups is 1. The number of aliphatic imine (C=N–C) groups is 1. The first-order valence-electron chi connectivity index (χ1n) is 7.15. The molecule has 4 N–H and O–H groups in total. The van der Waals surface area contributed by atoms with E-state index in [-0.39, 0.29) is 29.7 Å². The summed E-state index contributed by atoms with van der Waals surface area (Å²) in [6.45, 7) is 4.63. The first-order chi connectivity index (χ1) is 10.2. The van der Waals surface area contributed by atoms with E-state index in [9.17, 15) is 5.11 Å². The molecule has 22 heavy (non-hydrogen) atoms. The summed E-state index contributed by atoms with van der Waals surface area (Å²) in [5.74, 6) is 1.06. The molecule has 0 saturated carbocycles. The Morgan fingerprint density at radius 3 is 2.86 bits per heavy atom. The van der Waals surface area contributed by atoms with Crippen molar-refractivity contribution in [2.24, 2.45) is 10.7 Å². The molecule has 0 aliphatic heterocycles. The maximum absolute atomic E-state index is 9.95. The summed E-state index contributed by atoms with van der Waals surface area (Å²) in [6, 6.07) is 5.43. The van der Waals surface area contributed by atoms with Crippen LogP contribution < -0.4 is 15.8 Å². The van der Waals surface area contributed by atoms with Gasteiger partial charge >= 0.3 is 0 Å². The van der Waals surface area contributed by atoms with Crippen LogP contribution in [0.5, 0.6) is 11.5 Å². The second-order valence-corrected chi connectivity index (χ2v) is 4.46. The molecule has 1 aromatic carbocycles. The fourth-order valence-electron chi connectivity index (χ4n) is 1.83. The normalized spacial score (nSPS) is 10.9. The van der Waals surface area contributed by atoms with E-state index in [1.807, 2.05) is 19.1 Å². The highest BCUT2D eigenvalue weighted by Crippen LogP contribution is 2.29. The van der Waals surface area contributed by atoms with E-state index in [1.54, 1.807) is 6.07 Å². The van der Waals surface area contributed by atoms with Crippen molar-refractivity contribution in [1.82, 2.24) is 5.32 Å². The predicted octanol–water partition coefficient (Wildman–Crippen LogP) is 1.89. The summed E-state index contributed by atoms with van der Waals surface area (Å²) in [6.07, 6.45) is 1.49. The number of para-hydroxylation sites is 1. The average molecular weight is 423 g/mol. The number of ether oxygens (including phenoxy) is 2. The van der Waals surface area contributed by atoms with E-state index < -0.39 is 0 Å². The molecular weight excluding hydrogens is 397 g/mol. The second kappa shape index (κ2) is 12.3. The van der Waals surface area contributed by atoms with Crippen LogP contribution in [-0.4, -0.2) is 44.5 Å². The van der Waals surface area contributed by atoms with E-state index >= 15 is 0 Å². The van der Waals surface area contributed by atoms with Gasteiger partial charge in [-0.2, -0.15) is 0 Å². The zero-order valence-corrected chi connectivity index (χ0v) is 15.5. The van der Waals surface area contributed by atoms with Gasteiger partial charge in [-0.05, 0) is 31.4 Å². The van der Waals surface area contributed by atoms with Crippen LogP contribution in [0.15, 0.2) is 23.2 Å². The lowest BCUT2D eigenvalue weighted by molar-refractivity contribution is 0.146. The molecule has 0 aromatic heterocycles. The number of aromatic hydroxyl groups is 1. The fourth-order valence-corrected chi connectivity index (χ4v) is 1.83. The highest BCUT2D eigenvalue weighted by molar-refractivity contribution is 14.0. The predicted molar refractivity (Wildman–Crippen MR) is 99.4 cm³/mol. The lowest BCUT2D eigenvalue weighted by Gasteiger charge is -2.09. The Hall–Kier alpha value is -1.22. The highest BCUT2D eigenvalue weighted by Gasteiger charge is 2.06. The minimum absolute atomic E-state index is 0. The van der Waals surface area contributed by atoms with E-state index in [0.29, 0.717) is 37.8 Å². The van der Waals surface area contributed by atoms with E-state index in [2.05, 4.69) is 10.3 Å². The van der Waals surface area contributed by atoms with Crippen molar-refractivity contribution in [2.45, 2.75) is 19.8 Å². The molecule has 0 unspecified atom stereocenters. The molecule has 6 nitrogen and oxygen atoms in total. The third-order valence-electron chi connectivity index (χ3n) is 2.94. The van der Waals surface area contributed by atoms with Crippen molar-refractivity contribution in [3.63, 3.8) is 0 Å². The lowest BCUT2D eigenvalue weighted by Crippen LogP contribution is -2.33. The molecule has 0 aliphatic rings. The van der Waals surface area contributed by atoms with Gasteiger partial charge in [0.05, 0.1) is 7.11 Å². The molecule has 0 radical (unpaired) electrons. The Balaban J connectivity index is 0.00000441. The number of halogens is 1. The van der Waals surface area contributed by atoms with Gasteiger partial charge in [0.15, 0.2) is 17.5 Å². The molecular formula is C15H26IN3O3. The Morgan fingerprint density at radius 1 is 1.41 bits per heavy atom. The van der Waals surface area contributed by atoms with E-state index in [1.165, 1.54) is 7.11 Å². The van der Waals surface area contributed by atoms with Crippen molar-refractivity contribution in [3.8, 4) is 11.5 Å². The van der Waals surface area contributed by atoms with Crippen LogP contribution in [0.4, 0.5) is 0 Å². The summed E-state index contributed by atoms with van der Waals surface area (Å²) in [7, 11) is 1.53. The third kappa shape index (κ3) is 7.69. The number of nitrogens with zero attached hydrogens (tertiary/aromatic N) is 1. The largest absolute Gasteiger partial charge is 0.504 e. The molecule has 7 heteroatoms. The van der Waals surface area contributed by atoms with Crippen LogP contribution >= 0.6 is 24.0 Å². The first-order valence-corrected chi connectivity index (χ1v) is 7.15. The van der Waals surface area contributed by atoms with Crippen LogP contribution in [0.1, 0.15) is 18.9 Å². The molecule has 0 amide bonds. The number of hydrogen-bond acceptors (Lipinski definition) is 4. The SMILES string of the molecule is CCOCCCN=C(N)NCCc1cccc(OC)c1O.I. The number of phenolic OH excluding ortho intramolecular Hbond substituents is 1. The molecule has 126 valence electrons. The Morgan fingerprint density at radius 2 is 2.18 bits per heavy atom. The number of benzene rings is 1. The van der Waals surface area contributed by atoms with Gasteiger partial charge in [-0.1, -0.05) is 12.1 Å². The number of rotatable bonds is 9. The van der Waals surface area contributed by atoms with E-state index in [0.717, 1.165) is 18.6 Å². The molecule has 1 rings (SSSR count). The Kier molecular flexibility index (Phi) is 11.7. The zero-order chi connectivity index (χ0) is 15.5. The summed E-state index contributed by atoms with van der Waals surface area (Å²) in [5.41, 5.74) is 6.57. The summed E-state index contributed by atoms with van der Waals surface area (Å²) in [4.78, 5) is 4.20. The minimum atomic E-state index is 0. The van der Waals surface area contributed by atoms with Gasteiger partial charge in [0.25, 0.3) is 0 Å². The van der Waals surface area contributed by atoms with Crippen molar-refractivity contribution in [2.75, 3.05) is 33.4 Å². The van der Waals surface area contributed by atoms with Crippen LogP contribution in [0.25, 0.3) is 0 Å². The monoisotopic (exact) mass is 423 g/mol. The number of phenols is 1. The molecule has 0 bridgehead atoms. The molecule has 0 atom stereocenters. The number of nitrogens with two attached hydrogens (primary N) is 1. The average Bonchev–Trinajstić information content (AvgIpc) is 2.49. The third-order valence-corrected chi connectivity index (χ3v) is 2.94. The first kappa shape index (κ1) is 20.8. The van der Waals surface area contributed by atoms with Crippen LogP contribution in [0.3, 0.4) is 0 Å². The van der Waals surface area contributed by atoms with Gasteiger partial charge in [-0.25, -0.2) is 0 Å². The van der Waals surface area contributed by atoms with Gasteiger partial charge in [0.2, 0.25) is 0 Å². The van der Waals surface area contributed by atoms with Crippen LogP contribution in [0.2, 0.25) is 0 Å². The summed E-state index contributed by atoms with van der Waals surface area (Å²) < 4.78 is 10.3. The number of hydrogen-bond donors (Lipinski definition) is 3. The van der Waals surface area contributed by atoms with Crippen LogP contribution in [-0.2, 0) is 11.2 Å². The Bertz CT molecular complexity index is 456. The molecule has 0 saturated heterocycles. The molecule has 0 heterocycles. The lowest BCUT2D eigenvalue weighted by atomic mass is 10.1. The smallest absolute Gasteiger partial charge is 0.188 e. The van der Waals surface area contributed by atoms with Gasteiger partial charge in [0, 0.05) is 26.3 Å². The van der Waals surface area contributed by atoms with Crippen molar-refractivity contribution >= 4 is 29.9 Å². The van der Waals surface area contributed by atoms with Crippen molar-refractivity contribution in [1.29, 1.82) is 0 Å². The fraction of sp³-hybridized carbons (Fsp3) is 0.533. The Labute approximate surface area is 149 Å². The summed E-state index contributed by atoms with van der Waals surface area (Å²) in [5, 5.41) is 13.0. The highest BCUT2D eigenvalue weighted by atomic mass is 127. The van der Waals surface area contributed by atoms with Crippen molar-refractivity contribution in [3.05, 3.63) is 23.8 Å². The van der Waals surface area contributed by atoms with Crippen molar-refractivity contribution < 1.29 is 14.6 Å².